The number of benzene rings is 1. The number of morpholine rings is 1. The van der Waals surface area contributed by atoms with Crippen molar-refractivity contribution < 1.29 is 9.53 Å². The van der Waals surface area contributed by atoms with E-state index in [0.717, 1.165) is 37.6 Å². The number of hydrogen-bond acceptors (Lipinski definition) is 6. The summed E-state index contributed by atoms with van der Waals surface area (Å²) in [4.78, 5) is 27.5. The first kappa shape index (κ1) is 19.9. The molecule has 2 saturated heterocycles. The van der Waals surface area contributed by atoms with Crippen LogP contribution in [0.15, 0.2) is 36.5 Å². The van der Waals surface area contributed by atoms with E-state index >= 15 is 0 Å². The molecule has 7 nitrogen and oxygen atoms in total. The van der Waals surface area contributed by atoms with Crippen molar-refractivity contribution in [1.29, 1.82) is 0 Å². The summed E-state index contributed by atoms with van der Waals surface area (Å²) in [5.74, 6) is 0.687. The molecule has 3 heterocycles. The van der Waals surface area contributed by atoms with Crippen LogP contribution < -0.4 is 9.80 Å². The summed E-state index contributed by atoms with van der Waals surface area (Å²) in [5, 5.41) is -0.485. The Morgan fingerprint density at radius 2 is 1.69 bits per heavy atom. The third-order valence-electron chi connectivity index (χ3n) is 5.40. The number of rotatable bonds is 4. The van der Waals surface area contributed by atoms with Crippen molar-refractivity contribution in [3.8, 4) is 11.3 Å². The van der Waals surface area contributed by atoms with Crippen molar-refractivity contribution in [3.63, 3.8) is 0 Å². The van der Waals surface area contributed by atoms with Gasteiger partial charge >= 0.3 is 0 Å². The predicted molar refractivity (Wildman–Crippen MR) is 115 cm³/mol. The summed E-state index contributed by atoms with van der Waals surface area (Å²) in [6, 6.07) is 10.4. The average molecular weight is 416 g/mol. The number of alkyl halides is 1. The van der Waals surface area contributed by atoms with Gasteiger partial charge in [-0.2, -0.15) is 0 Å². The molecule has 2 aliphatic rings. The Balaban J connectivity index is 1.43. The first-order chi connectivity index (χ1) is 14.1. The number of aromatic nitrogens is 2. The van der Waals surface area contributed by atoms with Crippen LogP contribution in [0.2, 0.25) is 0 Å². The number of anilines is 2. The lowest BCUT2D eigenvalue weighted by molar-refractivity contribution is -0.130. The lowest BCUT2D eigenvalue weighted by atomic mass is 10.1. The summed E-state index contributed by atoms with van der Waals surface area (Å²) in [7, 11) is 0. The molecule has 0 unspecified atom stereocenters. The maximum absolute atomic E-state index is 12.1. The number of hydrogen-bond donors (Lipinski definition) is 0. The second-order valence-corrected chi connectivity index (χ2v) is 7.97. The van der Waals surface area contributed by atoms with Gasteiger partial charge in [0.2, 0.25) is 11.9 Å². The fourth-order valence-corrected chi connectivity index (χ4v) is 3.84. The molecule has 2 fully saturated rings. The number of halogens is 1. The van der Waals surface area contributed by atoms with E-state index in [1.165, 1.54) is 5.69 Å². The lowest BCUT2D eigenvalue weighted by Gasteiger charge is -2.35. The van der Waals surface area contributed by atoms with E-state index in [1.807, 2.05) is 11.0 Å². The van der Waals surface area contributed by atoms with E-state index in [1.54, 1.807) is 13.1 Å². The molecule has 0 spiro atoms. The Hall–Kier alpha value is -2.38. The maximum Gasteiger partial charge on any atom is 0.240 e. The molecule has 0 saturated carbocycles. The van der Waals surface area contributed by atoms with E-state index < -0.39 is 5.38 Å². The second kappa shape index (κ2) is 8.97. The van der Waals surface area contributed by atoms with Gasteiger partial charge in [0.05, 0.1) is 18.9 Å². The molecule has 1 aromatic heterocycles. The van der Waals surface area contributed by atoms with Crippen LogP contribution in [-0.4, -0.2) is 78.6 Å². The van der Waals surface area contributed by atoms with E-state index in [4.69, 9.17) is 21.3 Å². The Bertz CT molecular complexity index is 831. The molecule has 0 radical (unpaired) electrons. The highest BCUT2D eigenvalue weighted by atomic mass is 35.5. The minimum absolute atomic E-state index is 0.0126. The molecule has 154 valence electrons. The molecule has 0 bridgehead atoms. The van der Waals surface area contributed by atoms with Gasteiger partial charge in [0, 0.05) is 56.7 Å². The molecule has 1 aromatic carbocycles. The van der Waals surface area contributed by atoms with Crippen molar-refractivity contribution >= 4 is 29.1 Å². The van der Waals surface area contributed by atoms with Crippen LogP contribution in [-0.2, 0) is 9.53 Å². The van der Waals surface area contributed by atoms with E-state index in [0.29, 0.717) is 32.1 Å². The number of piperazine rings is 1. The Labute approximate surface area is 176 Å². The Kier molecular flexibility index (Phi) is 6.16. The molecule has 0 aliphatic carbocycles. The van der Waals surface area contributed by atoms with Crippen LogP contribution in [0.5, 0.6) is 0 Å². The average Bonchev–Trinajstić information content (AvgIpc) is 2.79. The fourth-order valence-electron chi connectivity index (χ4n) is 3.70. The third-order valence-corrected chi connectivity index (χ3v) is 5.58. The van der Waals surface area contributed by atoms with Gasteiger partial charge in [-0.1, -0.05) is 12.1 Å². The van der Waals surface area contributed by atoms with Gasteiger partial charge in [-0.05, 0) is 25.1 Å². The van der Waals surface area contributed by atoms with Crippen molar-refractivity contribution in [3.05, 3.63) is 36.5 Å². The molecule has 2 aromatic rings. The van der Waals surface area contributed by atoms with Crippen LogP contribution in [0.25, 0.3) is 11.3 Å². The van der Waals surface area contributed by atoms with Gasteiger partial charge in [0.25, 0.3) is 0 Å². The van der Waals surface area contributed by atoms with Gasteiger partial charge in [-0.15, -0.1) is 11.6 Å². The largest absolute Gasteiger partial charge is 0.378 e. The minimum Gasteiger partial charge on any atom is -0.378 e. The molecule has 2 aliphatic heterocycles. The highest BCUT2D eigenvalue weighted by Gasteiger charge is 2.25. The number of carbonyl (C=O) groups is 1. The summed E-state index contributed by atoms with van der Waals surface area (Å²) < 4.78 is 5.42. The zero-order valence-corrected chi connectivity index (χ0v) is 17.4. The standard InChI is InChI=1S/C21H26ClN5O2/c1-16(22)20(28)26-8-10-27(11-9-26)21-23-7-6-19(24-21)17-2-4-18(5-3-17)25-12-14-29-15-13-25/h2-7,16H,8-15H2,1H3/t16-/m1/s1. The normalized spacial score (nSPS) is 18.6. The number of nitrogens with zero attached hydrogens (tertiary/aromatic N) is 5. The molecule has 29 heavy (non-hydrogen) atoms. The smallest absolute Gasteiger partial charge is 0.240 e. The number of ether oxygens (including phenoxy) is 1. The Morgan fingerprint density at radius 3 is 2.34 bits per heavy atom. The molecular weight excluding hydrogens is 390 g/mol. The Morgan fingerprint density at radius 1 is 1.00 bits per heavy atom. The lowest BCUT2D eigenvalue weighted by Crippen LogP contribution is -2.50. The van der Waals surface area contributed by atoms with E-state index in [9.17, 15) is 4.79 Å². The molecule has 1 amide bonds. The molecule has 0 N–H and O–H groups in total. The first-order valence-electron chi connectivity index (χ1n) is 10.1. The van der Waals surface area contributed by atoms with Gasteiger partial charge in [-0.25, -0.2) is 9.97 Å². The number of amides is 1. The SMILES string of the molecule is C[C@@H](Cl)C(=O)N1CCN(c2nccc(-c3ccc(N4CCOCC4)cc3)n2)CC1. The molecule has 4 rings (SSSR count). The topological polar surface area (TPSA) is 61.8 Å². The quantitative estimate of drug-likeness (QED) is 0.714. The maximum atomic E-state index is 12.1. The molecule has 1 atom stereocenters. The summed E-state index contributed by atoms with van der Waals surface area (Å²) in [6.07, 6.45) is 1.80. The van der Waals surface area contributed by atoms with Crippen LogP contribution in [0.4, 0.5) is 11.6 Å². The van der Waals surface area contributed by atoms with Crippen molar-refractivity contribution in [2.24, 2.45) is 0 Å². The van der Waals surface area contributed by atoms with Gasteiger partial charge in [0.1, 0.15) is 5.38 Å². The summed E-state index contributed by atoms with van der Waals surface area (Å²) in [6.45, 7) is 7.80. The first-order valence-corrected chi connectivity index (χ1v) is 10.5. The monoisotopic (exact) mass is 415 g/mol. The van der Waals surface area contributed by atoms with Gasteiger partial charge < -0.3 is 19.4 Å². The van der Waals surface area contributed by atoms with Gasteiger partial charge in [0.15, 0.2) is 0 Å². The minimum atomic E-state index is -0.485. The fraction of sp³-hybridized carbons (Fsp3) is 0.476. The summed E-state index contributed by atoms with van der Waals surface area (Å²) in [5.41, 5.74) is 3.17. The molecule has 8 heteroatoms. The van der Waals surface area contributed by atoms with E-state index in [2.05, 4.69) is 39.0 Å². The highest BCUT2D eigenvalue weighted by Crippen LogP contribution is 2.24. The zero-order chi connectivity index (χ0) is 20.2. The van der Waals surface area contributed by atoms with Gasteiger partial charge in [-0.3, -0.25) is 4.79 Å². The van der Waals surface area contributed by atoms with E-state index in [-0.39, 0.29) is 5.91 Å². The third kappa shape index (κ3) is 4.62. The highest BCUT2D eigenvalue weighted by molar-refractivity contribution is 6.30. The van der Waals surface area contributed by atoms with Crippen LogP contribution in [0, 0.1) is 0 Å². The molecular formula is C21H26ClN5O2. The van der Waals surface area contributed by atoms with Crippen LogP contribution in [0.3, 0.4) is 0 Å². The van der Waals surface area contributed by atoms with Crippen molar-refractivity contribution in [1.82, 2.24) is 14.9 Å². The second-order valence-electron chi connectivity index (χ2n) is 7.32. The van der Waals surface area contributed by atoms with Crippen LogP contribution >= 0.6 is 11.6 Å². The summed E-state index contributed by atoms with van der Waals surface area (Å²) >= 11 is 5.93. The zero-order valence-electron chi connectivity index (χ0n) is 16.6. The number of carbonyl (C=O) groups excluding carboxylic acids is 1. The predicted octanol–water partition coefficient (Wildman–Crippen LogP) is 2.26. The van der Waals surface area contributed by atoms with Crippen molar-refractivity contribution in [2.45, 2.75) is 12.3 Å². The van der Waals surface area contributed by atoms with Crippen LogP contribution in [0.1, 0.15) is 6.92 Å². The van der Waals surface area contributed by atoms with Crippen molar-refractivity contribution in [2.75, 3.05) is 62.3 Å².